The quantitative estimate of drug-likeness (QED) is 0.781. The zero-order chi connectivity index (χ0) is 19.5. The Labute approximate surface area is 173 Å². The van der Waals surface area contributed by atoms with Crippen molar-refractivity contribution in [2.45, 2.75) is 57.4 Å². The highest BCUT2D eigenvalue weighted by molar-refractivity contribution is 8.03. The van der Waals surface area contributed by atoms with E-state index in [-0.39, 0.29) is 11.8 Å². The molecule has 2 amide bonds. The largest absolute Gasteiger partial charge is 0.342 e. The smallest absolute Gasteiger partial charge is 0.236 e. The van der Waals surface area contributed by atoms with Crippen LogP contribution in [0.5, 0.6) is 0 Å². The number of carbonyl (C=O) groups is 2. The maximum Gasteiger partial charge on any atom is 0.236 e. The summed E-state index contributed by atoms with van der Waals surface area (Å²) in [5.74, 6) is 2.87. The van der Waals surface area contributed by atoms with Crippen LogP contribution in [0.3, 0.4) is 0 Å². The lowest BCUT2D eigenvalue weighted by atomic mass is 9.78. The number of thioether (sulfide) groups is 1. The van der Waals surface area contributed by atoms with E-state index in [0.717, 1.165) is 44.1 Å². The lowest BCUT2D eigenvalue weighted by molar-refractivity contribution is -0.139. The number of piperidine rings is 2. The maximum absolute atomic E-state index is 13.3. The average molecular weight is 406 g/mol. The molecule has 1 N–H and O–H groups in total. The number of fused-ring (bicyclic) bond motifs is 1. The second-order valence-electron chi connectivity index (χ2n) is 8.96. The summed E-state index contributed by atoms with van der Waals surface area (Å²) in [7, 11) is 1.82. The van der Waals surface area contributed by atoms with Crippen LogP contribution in [0.4, 0.5) is 0 Å². The third kappa shape index (κ3) is 4.28. The van der Waals surface area contributed by atoms with E-state index in [9.17, 15) is 9.59 Å². The molecule has 0 aromatic carbocycles. The number of amides is 2. The summed E-state index contributed by atoms with van der Waals surface area (Å²) in [5.41, 5.74) is 0. The fraction of sp³-hybridized carbons (Fsp3) is 0.818. The molecule has 0 spiro atoms. The van der Waals surface area contributed by atoms with Crippen LogP contribution in [-0.2, 0) is 9.59 Å². The first-order valence-electron chi connectivity index (χ1n) is 11.2. The first kappa shape index (κ1) is 20.3. The van der Waals surface area contributed by atoms with Crippen LogP contribution in [0, 0.1) is 17.8 Å². The molecule has 0 bridgehead atoms. The highest BCUT2D eigenvalue weighted by Gasteiger charge is 2.39. The number of hydrogen-bond donors (Lipinski definition) is 1. The number of allylic oxidation sites excluding steroid dienone is 1. The van der Waals surface area contributed by atoms with Gasteiger partial charge in [-0.2, -0.15) is 0 Å². The monoisotopic (exact) mass is 405 g/mol. The second kappa shape index (κ2) is 9.21. The summed E-state index contributed by atoms with van der Waals surface area (Å²) in [6, 6.07) is 0.513. The molecule has 1 saturated carbocycles. The Bertz CT molecular complexity index is 613. The van der Waals surface area contributed by atoms with Gasteiger partial charge in [-0.3, -0.25) is 9.59 Å². The zero-order valence-electron chi connectivity index (χ0n) is 17.2. The Morgan fingerprint density at radius 2 is 1.82 bits per heavy atom. The molecule has 3 fully saturated rings. The van der Waals surface area contributed by atoms with E-state index in [1.807, 2.05) is 23.7 Å². The summed E-state index contributed by atoms with van der Waals surface area (Å²) < 4.78 is 0. The molecule has 0 aromatic heterocycles. The first-order valence-corrected chi connectivity index (χ1v) is 12.2. The summed E-state index contributed by atoms with van der Waals surface area (Å²) in [6.45, 7) is 3.09. The van der Waals surface area contributed by atoms with E-state index >= 15 is 0 Å². The molecule has 4 aliphatic rings. The molecular weight excluding hydrogens is 370 g/mol. The van der Waals surface area contributed by atoms with E-state index in [2.05, 4.69) is 16.3 Å². The Balaban J connectivity index is 1.34. The maximum atomic E-state index is 13.3. The number of likely N-dealkylation sites (tertiary alicyclic amines) is 2. The normalized spacial score (nSPS) is 31.5. The number of likely N-dealkylation sites (N-methyl/N-ethyl adjacent to an activating group) is 1. The van der Waals surface area contributed by atoms with Crippen molar-refractivity contribution in [1.82, 2.24) is 15.1 Å². The summed E-state index contributed by atoms with van der Waals surface area (Å²) in [5, 5.41) is 2.95. The van der Waals surface area contributed by atoms with Crippen molar-refractivity contribution >= 4 is 23.6 Å². The molecule has 4 rings (SSSR count). The van der Waals surface area contributed by atoms with Crippen LogP contribution in [0.2, 0.25) is 0 Å². The van der Waals surface area contributed by atoms with Gasteiger partial charge in [0.2, 0.25) is 11.8 Å². The number of nitrogens with one attached hydrogen (secondary N) is 1. The molecule has 1 aliphatic carbocycles. The van der Waals surface area contributed by atoms with E-state index < -0.39 is 0 Å². The van der Waals surface area contributed by atoms with Crippen LogP contribution in [0.1, 0.15) is 51.4 Å². The molecule has 6 heteroatoms. The molecule has 0 radical (unpaired) electrons. The van der Waals surface area contributed by atoms with Gasteiger partial charge in [-0.1, -0.05) is 18.9 Å². The standard InChI is InChI=1S/C22H35N3O2S/c1-23-14-21(26)24-11-8-17(9-12-24)20-13-18(15-28-20)22(27)25-10-4-6-16-5-2-3-7-19(16)25/h13,16-19,23H,2-12,14-15H2,1H3. The van der Waals surface area contributed by atoms with Gasteiger partial charge in [0.15, 0.2) is 0 Å². The van der Waals surface area contributed by atoms with Gasteiger partial charge >= 0.3 is 0 Å². The fourth-order valence-corrected chi connectivity index (χ4v) is 7.01. The topological polar surface area (TPSA) is 52.7 Å². The van der Waals surface area contributed by atoms with E-state index in [4.69, 9.17) is 0 Å². The summed E-state index contributed by atoms with van der Waals surface area (Å²) in [4.78, 5) is 31.0. The third-order valence-electron chi connectivity index (χ3n) is 7.22. The van der Waals surface area contributed by atoms with Crippen molar-refractivity contribution in [3.05, 3.63) is 11.0 Å². The Morgan fingerprint density at radius 3 is 2.61 bits per heavy atom. The lowest BCUT2D eigenvalue weighted by Gasteiger charge is -2.44. The number of carbonyl (C=O) groups excluding carboxylic acids is 2. The van der Waals surface area contributed by atoms with Gasteiger partial charge in [0.1, 0.15) is 0 Å². The fourth-order valence-electron chi connectivity index (χ4n) is 5.66. The molecule has 2 saturated heterocycles. The Kier molecular flexibility index (Phi) is 6.66. The van der Waals surface area contributed by atoms with Crippen LogP contribution in [0.25, 0.3) is 0 Å². The van der Waals surface area contributed by atoms with E-state index in [0.29, 0.717) is 24.4 Å². The minimum atomic E-state index is 0.0737. The molecule has 0 aromatic rings. The molecular formula is C22H35N3O2S. The van der Waals surface area contributed by atoms with Crippen LogP contribution < -0.4 is 5.32 Å². The minimum absolute atomic E-state index is 0.0737. The molecule has 3 unspecified atom stereocenters. The van der Waals surface area contributed by atoms with Crippen molar-refractivity contribution in [3.63, 3.8) is 0 Å². The van der Waals surface area contributed by atoms with Gasteiger partial charge in [-0.15, -0.1) is 11.8 Å². The van der Waals surface area contributed by atoms with Crippen molar-refractivity contribution in [2.24, 2.45) is 17.8 Å². The summed E-state index contributed by atoms with van der Waals surface area (Å²) >= 11 is 1.90. The van der Waals surface area contributed by atoms with Crippen LogP contribution in [-0.4, -0.2) is 66.6 Å². The highest BCUT2D eigenvalue weighted by Crippen LogP contribution is 2.41. The molecule has 3 aliphatic heterocycles. The SMILES string of the molecule is CNCC(=O)N1CCC(C2=CC(C(=O)N3CCCC4CCCCC43)CS2)CC1. The predicted molar refractivity (Wildman–Crippen MR) is 114 cm³/mol. The lowest BCUT2D eigenvalue weighted by Crippen LogP contribution is -2.51. The third-order valence-corrected chi connectivity index (χ3v) is 8.55. The van der Waals surface area contributed by atoms with Gasteiger partial charge in [-0.25, -0.2) is 0 Å². The molecule has 3 heterocycles. The van der Waals surface area contributed by atoms with E-state index in [1.165, 1.54) is 43.4 Å². The highest BCUT2D eigenvalue weighted by atomic mass is 32.2. The van der Waals surface area contributed by atoms with Gasteiger partial charge in [-0.05, 0) is 62.3 Å². The first-order chi connectivity index (χ1) is 13.7. The molecule has 5 nitrogen and oxygen atoms in total. The van der Waals surface area contributed by atoms with Gasteiger partial charge in [0, 0.05) is 31.4 Å². The van der Waals surface area contributed by atoms with Gasteiger partial charge in [0.05, 0.1) is 12.5 Å². The number of hydrogen-bond acceptors (Lipinski definition) is 4. The Hall–Kier alpha value is -1.01. The summed E-state index contributed by atoms with van der Waals surface area (Å²) in [6.07, 6.45) is 12.0. The van der Waals surface area contributed by atoms with Crippen molar-refractivity contribution < 1.29 is 9.59 Å². The van der Waals surface area contributed by atoms with E-state index in [1.54, 1.807) is 0 Å². The number of rotatable bonds is 4. The van der Waals surface area contributed by atoms with Crippen molar-refractivity contribution in [1.29, 1.82) is 0 Å². The van der Waals surface area contributed by atoms with Crippen molar-refractivity contribution in [2.75, 3.05) is 39.0 Å². The van der Waals surface area contributed by atoms with Crippen LogP contribution in [0.15, 0.2) is 11.0 Å². The molecule has 3 atom stereocenters. The minimum Gasteiger partial charge on any atom is -0.342 e. The van der Waals surface area contributed by atoms with Crippen LogP contribution >= 0.6 is 11.8 Å². The number of nitrogens with zero attached hydrogens (tertiary/aromatic N) is 2. The van der Waals surface area contributed by atoms with Gasteiger partial charge in [0.25, 0.3) is 0 Å². The second-order valence-corrected chi connectivity index (χ2v) is 10.1. The molecule has 156 valence electrons. The van der Waals surface area contributed by atoms with Crippen molar-refractivity contribution in [3.8, 4) is 0 Å². The predicted octanol–water partition coefficient (Wildman–Crippen LogP) is 2.87. The average Bonchev–Trinajstić information content (AvgIpc) is 3.23. The van der Waals surface area contributed by atoms with Gasteiger partial charge < -0.3 is 15.1 Å². The Morgan fingerprint density at radius 1 is 1.07 bits per heavy atom. The zero-order valence-corrected chi connectivity index (χ0v) is 18.0. The molecule has 28 heavy (non-hydrogen) atoms.